The summed E-state index contributed by atoms with van der Waals surface area (Å²) in [6.07, 6.45) is 7.05. The lowest BCUT2D eigenvalue weighted by Gasteiger charge is -2.21. The molecule has 1 aliphatic rings. The van der Waals surface area contributed by atoms with Gasteiger partial charge in [-0.3, -0.25) is 14.9 Å². The number of rotatable bonds is 5. The van der Waals surface area contributed by atoms with Crippen LogP contribution >= 0.6 is 0 Å². The number of fused-ring (bicyclic) bond motifs is 1. The van der Waals surface area contributed by atoms with Crippen LogP contribution in [0, 0.1) is 10.1 Å². The molecule has 1 aromatic heterocycles. The second kappa shape index (κ2) is 8.32. The minimum atomic E-state index is -0.442. The van der Waals surface area contributed by atoms with Gasteiger partial charge in [-0.1, -0.05) is 24.3 Å². The standard InChI is InChI=1S/C23H20N2O5/c1-15(26)30-22-10-4-8-20-16(5-3-9-21(20)22)11-12-18-14-29-23(24-18)17-6-2-7-19(13-17)25(27)28/h2,4,6-8,10-11,13-14H,3,5,9,12H2,1H3. The summed E-state index contributed by atoms with van der Waals surface area (Å²) in [6.45, 7) is 1.41. The van der Waals surface area contributed by atoms with Crippen molar-refractivity contribution in [3.8, 4) is 17.2 Å². The molecule has 0 spiro atoms. The Labute approximate surface area is 173 Å². The third-order valence-electron chi connectivity index (χ3n) is 5.02. The predicted octanol–water partition coefficient (Wildman–Crippen LogP) is 5.14. The fraction of sp³-hybridized carbons (Fsp3) is 0.217. The van der Waals surface area contributed by atoms with Crippen molar-refractivity contribution in [2.45, 2.75) is 32.6 Å². The van der Waals surface area contributed by atoms with Crippen molar-refractivity contribution in [2.24, 2.45) is 0 Å². The summed E-state index contributed by atoms with van der Waals surface area (Å²) in [5.41, 5.74) is 4.65. The summed E-state index contributed by atoms with van der Waals surface area (Å²) in [5, 5.41) is 11.0. The van der Waals surface area contributed by atoms with Crippen molar-refractivity contribution in [1.29, 1.82) is 0 Å². The van der Waals surface area contributed by atoms with Crippen molar-refractivity contribution < 1.29 is 18.9 Å². The first-order valence-corrected chi connectivity index (χ1v) is 9.70. The highest BCUT2D eigenvalue weighted by atomic mass is 16.6. The first-order chi connectivity index (χ1) is 14.5. The normalized spacial score (nSPS) is 14.4. The number of oxazole rings is 1. The molecule has 0 saturated carbocycles. The molecule has 152 valence electrons. The number of ether oxygens (including phenoxy) is 1. The number of allylic oxidation sites excluding steroid dienone is 2. The monoisotopic (exact) mass is 404 g/mol. The molecule has 7 heteroatoms. The van der Waals surface area contributed by atoms with Crippen molar-refractivity contribution in [1.82, 2.24) is 4.98 Å². The quantitative estimate of drug-likeness (QED) is 0.253. The highest BCUT2D eigenvalue weighted by Gasteiger charge is 2.19. The predicted molar refractivity (Wildman–Crippen MR) is 111 cm³/mol. The van der Waals surface area contributed by atoms with Gasteiger partial charge in [-0.2, -0.15) is 0 Å². The van der Waals surface area contributed by atoms with Gasteiger partial charge < -0.3 is 9.15 Å². The van der Waals surface area contributed by atoms with Crippen molar-refractivity contribution >= 4 is 17.2 Å². The molecule has 3 aromatic rings. The van der Waals surface area contributed by atoms with Crippen LogP contribution in [-0.2, 0) is 17.6 Å². The molecule has 30 heavy (non-hydrogen) atoms. The van der Waals surface area contributed by atoms with Gasteiger partial charge in [0.25, 0.3) is 5.69 Å². The molecule has 7 nitrogen and oxygen atoms in total. The molecule has 0 bridgehead atoms. The Kier molecular flexibility index (Phi) is 5.43. The SMILES string of the molecule is CC(=O)Oc1cccc2c1CCCC2=CCc1coc(-c2cccc([N+](=O)[O-])c2)n1. The maximum atomic E-state index is 11.4. The molecule has 0 aliphatic heterocycles. The van der Waals surface area contributed by atoms with Gasteiger partial charge in [-0.25, -0.2) is 4.98 Å². The molecular weight excluding hydrogens is 384 g/mol. The van der Waals surface area contributed by atoms with Crippen LogP contribution in [0.2, 0.25) is 0 Å². The van der Waals surface area contributed by atoms with Crippen LogP contribution < -0.4 is 4.74 Å². The van der Waals surface area contributed by atoms with Gasteiger partial charge in [-0.05, 0) is 42.5 Å². The largest absolute Gasteiger partial charge is 0.444 e. The molecule has 0 amide bonds. The fourth-order valence-electron chi connectivity index (χ4n) is 3.69. The number of nitro benzene ring substituents is 1. The lowest BCUT2D eigenvalue weighted by Crippen LogP contribution is -2.09. The summed E-state index contributed by atoms with van der Waals surface area (Å²) >= 11 is 0. The number of nitrogens with zero attached hydrogens (tertiary/aromatic N) is 2. The molecule has 1 heterocycles. The minimum absolute atomic E-state index is 0.00300. The van der Waals surface area contributed by atoms with E-state index in [4.69, 9.17) is 9.15 Å². The third-order valence-corrected chi connectivity index (χ3v) is 5.02. The zero-order valence-electron chi connectivity index (χ0n) is 16.5. The van der Waals surface area contributed by atoms with E-state index < -0.39 is 4.92 Å². The molecular formula is C23H20N2O5. The summed E-state index contributed by atoms with van der Waals surface area (Å²) in [5.74, 6) is 0.657. The van der Waals surface area contributed by atoms with E-state index in [0.717, 1.165) is 36.1 Å². The van der Waals surface area contributed by atoms with E-state index in [2.05, 4.69) is 11.1 Å². The van der Waals surface area contributed by atoms with Crippen molar-refractivity contribution in [3.05, 3.63) is 81.7 Å². The summed E-state index contributed by atoms with van der Waals surface area (Å²) in [6, 6.07) is 12.0. The van der Waals surface area contributed by atoms with Gasteiger partial charge in [0.05, 0.1) is 10.6 Å². The third kappa shape index (κ3) is 4.15. The molecule has 1 aliphatic carbocycles. The van der Waals surface area contributed by atoms with Gasteiger partial charge in [-0.15, -0.1) is 0 Å². The maximum absolute atomic E-state index is 11.4. The lowest BCUT2D eigenvalue weighted by atomic mass is 9.86. The number of benzene rings is 2. The van der Waals surface area contributed by atoms with Crippen LogP contribution in [0.15, 0.2) is 59.2 Å². The molecule has 0 saturated heterocycles. The Balaban J connectivity index is 1.56. The topological polar surface area (TPSA) is 95.5 Å². The molecule has 0 fully saturated rings. The summed E-state index contributed by atoms with van der Waals surface area (Å²) < 4.78 is 10.9. The van der Waals surface area contributed by atoms with E-state index in [0.29, 0.717) is 23.6 Å². The van der Waals surface area contributed by atoms with E-state index in [1.165, 1.54) is 24.6 Å². The number of carbonyl (C=O) groups is 1. The average Bonchev–Trinajstić information content (AvgIpc) is 3.21. The molecule has 0 N–H and O–H groups in total. The van der Waals surface area contributed by atoms with E-state index in [1.807, 2.05) is 18.2 Å². The van der Waals surface area contributed by atoms with E-state index in [1.54, 1.807) is 18.4 Å². The molecule has 0 radical (unpaired) electrons. The Morgan fingerprint density at radius 3 is 2.90 bits per heavy atom. The minimum Gasteiger partial charge on any atom is -0.444 e. The summed E-state index contributed by atoms with van der Waals surface area (Å²) in [4.78, 5) is 26.4. The number of non-ortho nitro benzene ring substituents is 1. The lowest BCUT2D eigenvalue weighted by molar-refractivity contribution is -0.384. The molecule has 2 aromatic carbocycles. The number of aromatic nitrogens is 1. The van der Waals surface area contributed by atoms with Crippen LogP contribution in [-0.4, -0.2) is 15.9 Å². The Bertz CT molecular complexity index is 1150. The highest BCUT2D eigenvalue weighted by molar-refractivity contribution is 5.75. The van der Waals surface area contributed by atoms with Crippen LogP contribution in [0.25, 0.3) is 17.0 Å². The van der Waals surface area contributed by atoms with Gasteiger partial charge in [0.1, 0.15) is 12.0 Å². The van der Waals surface area contributed by atoms with Gasteiger partial charge >= 0.3 is 5.97 Å². The van der Waals surface area contributed by atoms with Crippen LogP contribution in [0.1, 0.15) is 36.6 Å². The van der Waals surface area contributed by atoms with E-state index in [9.17, 15) is 14.9 Å². The van der Waals surface area contributed by atoms with Gasteiger partial charge in [0, 0.05) is 36.6 Å². The Morgan fingerprint density at radius 1 is 1.27 bits per heavy atom. The average molecular weight is 404 g/mol. The van der Waals surface area contributed by atoms with Crippen LogP contribution in [0.4, 0.5) is 5.69 Å². The van der Waals surface area contributed by atoms with Crippen LogP contribution in [0.3, 0.4) is 0 Å². The second-order valence-corrected chi connectivity index (χ2v) is 7.11. The zero-order chi connectivity index (χ0) is 21.1. The molecule has 4 rings (SSSR count). The van der Waals surface area contributed by atoms with Gasteiger partial charge in [0.15, 0.2) is 0 Å². The number of carbonyl (C=O) groups excluding carboxylic acids is 1. The Hall–Kier alpha value is -3.74. The van der Waals surface area contributed by atoms with Crippen LogP contribution in [0.5, 0.6) is 5.75 Å². The number of hydrogen-bond acceptors (Lipinski definition) is 6. The van der Waals surface area contributed by atoms with Crippen molar-refractivity contribution in [3.63, 3.8) is 0 Å². The first kappa shape index (κ1) is 19.6. The number of hydrogen-bond donors (Lipinski definition) is 0. The smallest absolute Gasteiger partial charge is 0.308 e. The first-order valence-electron chi connectivity index (χ1n) is 9.70. The van der Waals surface area contributed by atoms with E-state index in [-0.39, 0.29) is 11.7 Å². The number of esters is 1. The fourth-order valence-corrected chi connectivity index (χ4v) is 3.69. The Morgan fingerprint density at radius 2 is 2.10 bits per heavy atom. The van der Waals surface area contributed by atoms with Crippen molar-refractivity contribution in [2.75, 3.05) is 0 Å². The number of nitro groups is 1. The highest BCUT2D eigenvalue weighted by Crippen LogP contribution is 2.36. The van der Waals surface area contributed by atoms with E-state index >= 15 is 0 Å². The maximum Gasteiger partial charge on any atom is 0.308 e. The molecule has 0 unspecified atom stereocenters. The van der Waals surface area contributed by atoms with Gasteiger partial charge in [0.2, 0.25) is 5.89 Å². The zero-order valence-corrected chi connectivity index (χ0v) is 16.5. The summed E-state index contributed by atoms with van der Waals surface area (Å²) in [7, 11) is 0. The second-order valence-electron chi connectivity index (χ2n) is 7.11. The molecule has 0 atom stereocenters.